The van der Waals surface area contributed by atoms with Crippen molar-refractivity contribution in [2.75, 3.05) is 50.5 Å². The number of nitrogens with one attached hydrogen (secondary N) is 3. The largest absolute Gasteiger partial charge is 0.383 e. The van der Waals surface area contributed by atoms with E-state index in [9.17, 15) is 0 Å². The summed E-state index contributed by atoms with van der Waals surface area (Å²) < 4.78 is 6.93. The van der Waals surface area contributed by atoms with Gasteiger partial charge in [0.05, 0.1) is 18.3 Å². The van der Waals surface area contributed by atoms with Gasteiger partial charge in [0, 0.05) is 38.7 Å². The molecule has 0 amide bonds. The predicted molar refractivity (Wildman–Crippen MR) is 95.9 cm³/mol. The Labute approximate surface area is 147 Å². The van der Waals surface area contributed by atoms with Crippen LogP contribution in [0.1, 0.15) is 24.2 Å². The Balaban J connectivity index is 1.76. The fraction of sp³-hybridized carbons (Fsp3) is 0.625. The normalized spacial score (nSPS) is 15.3. The lowest BCUT2D eigenvalue weighted by molar-refractivity contribution is 0.210. The van der Waals surface area contributed by atoms with Gasteiger partial charge in [-0.05, 0) is 19.9 Å². The summed E-state index contributed by atoms with van der Waals surface area (Å²) in [6.45, 7) is 6.01. The van der Waals surface area contributed by atoms with E-state index in [0.29, 0.717) is 19.1 Å². The molecule has 1 aliphatic rings. The fourth-order valence-electron chi connectivity index (χ4n) is 2.82. The topological polar surface area (TPSA) is 102 Å². The summed E-state index contributed by atoms with van der Waals surface area (Å²) in [5.41, 5.74) is 2.31. The van der Waals surface area contributed by atoms with Crippen LogP contribution in [0.5, 0.6) is 0 Å². The summed E-state index contributed by atoms with van der Waals surface area (Å²) >= 11 is 0. The van der Waals surface area contributed by atoms with Crippen LogP contribution >= 0.6 is 0 Å². The molecule has 0 radical (unpaired) electrons. The summed E-state index contributed by atoms with van der Waals surface area (Å²) in [4.78, 5) is 13.4. The third-order valence-corrected chi connectivity index (χ3v) is 4.23. The molecule has 0 saturated carbocycles. The third kappa shape index (κ3) is 4.64. The second kappa shape index (κ2) is 8.72. The van der Waals surface area contributed by atoms with Crippen LogP contribution in [-0.2, 0) is 17.6 Å². The standard InChI is InChI=1S/C16H26N8O/c1-12(24-11-18-10-21-24)9-20-15-13-3-5-17-6-4-14(13)22-16(23-15)19-7-8-25-2/h10-12,17H,3-9H2,1-2H3,(H2,19,20,22,23)/t12-/m1/s1. The summed E-state index contributed by atoms with van der Waals surface area (Å²) in [5, 5.41) is 14.3. The average molecular weight is 346 g/mol. The van der Waals surface area contributed by atoms with E-state index in [1.54, 1.807) is 19.8 Å². The van der Waals surface area contributed by atoms with Crippen LogP contribution in [0.25, 0.3) is 0 Å². The second-order valence-corrected chi connectivity index (χ2v) is 6.10. The highest BCUT2D eigenvalue weighted by Crippen LogP contribution is 2.22. The molecule has 3 rings (SSSR count). The smallest absolute Gasteiger partial charge is 0.224 e. The summed E-state index contributed by atoms with van der Waals surface area (Å²) in [7, 11) is 1.68. The van der Waals surface area contributed by atoms with E-state index in [1.807, 2.05) is 4.68 Å². The lowest BCUT2D eigenvalue weighted by atomic mass is 10.1. The van der Waals surface area contributed by atoms with E-state index >= 15 is 0 Å². The molecule has 0 bridgehead atoms. The molecule has 0 aromatic carbocycles. The van der Waals surface area contributed by atoms with Crippen LogP contribution in [0.4, 0.5) is 11.8 Å². The zero-order chi connectivity index (χ0) is 17.5. The summed E-state index contributed by atoms with van der Waals surface area (Å²) in [5.74, 6) is 1.55. The van der Waals surface area contributed by atoms with E-state index < -0.39 is 0 Å². The molecular weight excluding hydrogens is 320 g/mol. The van der Waals surface area contributed by atoms with Crippen molar-refractivity contribution in [3.8, 4) is 0 Å². The number of methoxy groups -OCH3 is 1. The third-order valence-electron chi connectivity index (χ3n) is 4.23. The Hall–Kier alpha value is -2.26. The van der Waals surface area contributed by atoms with Gasteiger partial charge in [-0.25, -0.2) is 14.6 Å². The molecule has 136 valence electrons. The molecule has 9 heteroatoms. The quantitative estimate of drug-likeness (QED) is 0.594. The fourth-order valence-corrected chi connectivity index (χ4v) is 2.82. The maximum atomic E-state index is 5.09. The number of anilines is 2. The molecule has 2 aromatic rings. The van der Waals surface area contributed by atoms with Gasteiger partial charge >= 0.3 is 0 Å². The van der Waals surface area contributed by atoms with Gasteiger partial charge in [0.25, 0.3) is 0 Å². The van der Waals surface area contributed by atoms with Gasteiger partial charge < -0.3 is 20.7 Å². The van der Waals surface area contributed by atoms with Gasteiger partial charge in [-0.2, -0.15) is 10.1 Å². The van der Waals surface area contributed by atoms with Gasteiger partial charge in [-0.15, -0.1) is 0 Å². The van der Waals surface area contributed by atoms with Crippen molar-refractivity contribution in [3.63, 3.8) is 0 Å². The van der Waals surface area contributed by atoms with Crippen molar-refractivity contribution < 1.29 is 4.74 Å². The average Bonchev–Trinajstić information content (AvgIpc) is 3.05. The van der Waals surface area contributed by atoms with Crippen LogP contribution in [0.3, 0.4) is 0 Å². The van der Waals surface area contributed by atoms with Gasteiger partial charge in [0.15, 0.2) is 0 Å². The molecule has 0 saturated heterocycles. The Morgan fingerprint density at radius 2 is 2.16 bits per heavy atom. The number of fused-ring (bicyclic) bond motifs is 1. The van der Waals surface area contributed by atoms with Crippen molar-refractivity contribution in [1.29, 1.82) is 0 Å². The van der Waals surface area contributed by atoms with E-state index in [-0.39, 0.29) is 6.04 Å². The lowest BCUT2D eigenvalue weighted by Gasteiger charge is -2.18. The molecule has 3 heterocycles. The van der Waals surface area contributed by atoms with Crippen LogP contribution in [0.2, 0.25) is 0 Å². The monoisotopic (exact) mass is 346 g/mol. The molecule has 0 aliphatic carbocycles. The van der Waals surface area contributed by atoms with Crippen molar-refractivity contribution in [1.82, 2.24) is 30.0 Å². The molecule has 1 aliphatic heterocycles. The van der Waals surface area contributed by atoms with Crippen molar-refractivity contribution in [2.45, 2.75) is 25.8 Å². The number of aromatic nitrogens is 5. The summed E-state index contributed by atoms with van der Waals surface area (Å²) in [6.07, 6.45) is 5.11. The number of hydrogen-bond acceptors (Lipinski definition) is 8. The molecule has 0 spiro atoms. The van der Waals surface area contributed by atoms with Crippen molar-refractivity contribution in [3.05, 3.63) is 23.9 Å². The molecule has 0 unspecified atom stereocenters. The van der Waals surface area contributed by atoms with Crippen LogP contribution in [0, 0.1) is 0 Å². The first-order chi connectivity index (χ1) is 12.3. The maximum absolute atomic E-state index is 5.09. The molecule has 0 fully saturated rings. The van der Waals surface area contributed by atoms with Crippen molar-refractivity contribution in [2.24, 2.45) is 0 Å². The number of hydrogen-bond donors (Lipinski definition) is 3. The zero-order valence-electron chi connectivity index (χ0n) is 14.8. The minimum atomic E-state index is 0.182. The second-order valence-electron chi connectivity index (χ2n) is 6.10. The molecular formula is C16H26N8O. The molecule has 9 nitrogen and oxygen atoms in total. The van der Waals surface area contributed by atoms with Crippen LogP contribution in [-0.4, -0.2) is 64.6 Å². The van der Waals surface area contributed by atoms with Crippen LogP contribution in [0.15, 0.2) is 12.7 Å². The van der Waals surface area contributed by atoms with Crippen molar-refractivity contribution >= 4 is 11.8 Å². The van der Waals surface area contributed by atoms with E-state index in [4.69, 9.17) is 14.7 Å². The molecule has 25 heavy (non-hydrogen) atoms. The Morgan fingerprint density at radius 1 is 1.28 bits per heavy atom. The SMILES string of the molecule is COCCNc1nc2c(c(NC[C@@H](C)n3cncn3)n1)CCNCC2. The molecule has 2 aromatic heterocycles. The first-order valence-electron chi connectivity index (χ1n) is 8.69. The zero-order valence-corrected chi connectivity index (χ0v) is 14.8. The van der Waals surface area contributed by atoms with Gasteiger partial charge in [-0.1, -0.05) is 0 Å². The maximum Gasteiger partial charge on any atom is 0.224 e. The summed E-state index contributed by atoms with van der Waals surface area (Å²) in [6, 6.07) is 0.182. The Bertz CT molecular complexity index is 660. The number of rotatable bonds is 8. The lowest BCUT2D eigenvalue weighted by Crippen LogP contribution is -2.20. The first kappa shape index (κ1) is 17.6. The van der Waals surface area contributed by atoms with Crippen LogP contribution < -0.4 is 16.0 Å². The van der Waals surface area contributed by atoms with Gasteiger partial charge in [0.2, 0.25) is 5.95 Å². The number of nitrogens with zero attached hydrogens (tertiary/aromatic N) is 5. The Morgan fingerprint density at radius 3 is 2.96 bits per heavy atom. The van der Waals surface area contributed by atoms with Gasteiger partial charge in [-0.3, -0.25) is 0 Å². The highest BCUT2D eigenvalue weighted by atomic mass is 16.5. The Kier molecular flexibility index (Phi) is 6.13. The minimum absolute atomic E-state index is 0.182. The number of ether oxygens (including phenoxy) is 1. The minimum Gasteiger partial charge on any atom is -0.383 e. The van der Waals surface area contributed by atoms with E-state index in [0.717, 1.165) is 44.0 Å². The van der Waals surface area contributed by atoms with E-state index in [1.165, 1.54) is 5.56 Å². The highest BCUT2D eigenvalue weighted by Gasteiger charge is 2.17. The van der Waals surface area contributed by atoms with Gasteiger partial charge in [0.1, 0.15) is 18.5 Å². The predicted octanol–water partition coefficient (Wildman–Crippen LogP) is 0.488. The molecule has 3 N–H and O–H groups in total. The van der Waals surface area contributed by atoms with E-state index in [2.05, 4.69) is 33.0 Å². The molecule has 1 atom stereocenters. The highest BCUT2D eigenvalue weighted by molar-refractivity contribution is 5.51. The first-order valence-corrected chi connectivity index (χ1v) is 8.69.